The maximum atomic E-state index is 14.6. The van der Waals surface area contributed by atoms with Crippen LogP contribution in [0.2, 0.25) is 5.02 Å². The van der Waals surface area contributed by atoms with E-state index < -0.39 is 0 Å². The number of nitrogens with one attached hydrogen (secondary N) is 4. The summed E-state index contributed by atoms with van der Waals surface area (Å²) in [5.74, 6) is 2.58. The van der Waals surface area contributed by atoms with Crippen molar-refractivity contribution in [3.8, 4) is 68.0 Å². The second kappa shape index (κ2) is 39.8. The summed E-state index contributed by atoms with van der Waals surface area (Å²) < 4.78 is 48.4. The molecule has 0 spiro atoms. The number of benzene rings is 4. The van der Waals surface area contributed by atoms with Crippen molar-refractivity contribution in [3.63, 3.8) is 0 Å². The molecule has 8 aromatic rings. The summed E-state index contributed by atoms with van der Waals surface area (Å²) >= 11 is 6.49. The minimum Gasteiger partial charge on any atom is -0.494 e. The number of H-pyrrole nitrogens is 4. The fourth-order valence-corrected chi connectivity index (χ4v) is 11.6. The van der Waals surface area contributed by atoms with Gasteiger partial charge in [-0.15, -0.1) is 0 Å². The van der Waals surface area contributed by atoms with Crippen LogP contribution in [0.4, 0.5) is 4.39 Å². The SMILES string of the molecule is CCCCN(C)Cc1cn[nH]c1-c1ccc(OC2CC2)cc1.CCCCN(C)Cc1cn[nH]c1-c1ccc(OC2CCOCC2)c(Cl)c1.CCCCN(C)Cc1cn[nH]c1-c1ccc(OC2CCOCC2)c(F)c1.CCCCN(C)Cc1cn[nH]c1-c1ccc(OCC)cc1. The van der Waals surface area contributed by atoms with E-state index in [-0.39, 0.29) is 18.0 Å². The Morgan fingerprint density at radius 2 is 0.768 bits per heavy atom. The number of nitrogens with zero attached hydrogens (tertiary/aromatic N) is 8. The van der Waals surface area contributed by atoms with Gasteiger partial charge in [0.05, 0.1) is 91.7 Å². The molecule has 18 nitrogen and oxygen atoms in total. The molecule has 4 N–H and O–H groups in total. The fraction of sp³-hybridized carbons (Fsp3) is 0.520. The van der Waals surface area contributed by atoms with Gasteiger partial charge in [0.2, 0.25) is 0 Å². The van der Waals surface area contributed by atoms with Crippen molar-refractivity contribution in [3.05, 3.63) is 143 Å². The highest BCUT2D eigenvalue weighted by Crippen LogP contribution is 2.35. The molecule has 0 unspecified atom stereocenters. The molecule has 2 saturated heterocycles. The Morgan fingerprint density at radius 1 is 0.432 bits per heavy atom. The van der Waals surface area contributed by atoms with Gasteiger partial charge in [-0.05, 0) is 185 Å². The molecule has 4 aromatic heterocycles. The zero-order chi connectivity index (χ0) is 67.2. The van der Waals surface area contributed by atoms with Crippen LogP contribution < -0.4 is 18.9 Å². The quantitative estimate of drug-likeness (QED) is 0.0312. The summed E-state index contributed by atoms with van der Waals surface area (Å²) in [7, 11) is 8.56. The molecule has 95 heavy (non-hydrogen) atoms. The Balaban J connectivity index is 0.000000163. The number of aromatic amines is 4. The molecule has 0 radical (unpaired) electrons. The average Bonchev–Trinajstić information content (AvgIpc) is 1.83. The number of hydrogen-bond acceptors (Lipinski definition) is 14. The van der Waals surface area contributed by atoms with Gasteiger partial charge in [-0.25, -0.2) is 4.39 Å². The van der Waals surface area contributed by atoms with Crippen molar-refractivity contribution in [1.29, 1.82) is 0 Å². The Bertz CT molecular complexity index is 3290. The Hall–Kier alpha value is -7.10. The molecule has 516 valence electrons. The number of rotatable bonds is 32. The molecular weight excluding hydrogens is 1220 g/mol. The third-order valence-electron chi connectivity index (χ3n) is 17.0. The summed E-state index contributed by atoms with van der Waals surface area (Å²) in [5, 5.41) is 29.9. The highest BCUT2D eigenvalue weighted by molar-refractivity contribution is 6.32. The lowest BCUT2D eigenvalue weighted by Crippen LogP contribution is -2.26. The molecule has 0 bridgehead atoms. The Morgan fingerprint density at radius 3 is 1.13 bits per heavy atom. The number of ether oxygens (including phenoxy) is 6. The first-order valence-electron chi connectivity index (χ1n) is 34.8. The highest BCUT2D eigenvalue weighted by Gasteiger charge is 2.24. The van der Waals surface area contributed by atoms with Crippen molar-refractivity contribution in [2.75, 3.05) is 87.4 Å². The van der Waals surface area contributed by atoms with Gasteiger partial charge < -0.3 is 48.0 Å². The van der Waals surface area contributed by atoms with Crippen LogP contribution in [0.5, 0.6) is 23.0 Å². The molecule has 4 aromatic carbocycles. The Kier molecular flexibility index (Phi) is 30.9. The van der Waals surface area contributed by atoms with E-state index in [9.17, 15) is 4.39 Å². The molecular formula is C75H106ClFN12O6. The molecule has 3 fully saturated rings. The summed E-state index contributed by atoms with van der Waals surface area (Å²) in [5.41, 5.74) is 13.0. The Labute approximate surface area is 569 Å². The highest BCUT2D eigenvalue weighted by atomic mass is 35.5. The summed E-state index contributed by atoms with van der Waals surface area (Å²) in [6.45, 7) is 22.2. The summed E-state index contributed by atoms with van der Waals surface area (Å²) in [6.07, 6.45) is 23.7. The lowest BCUT2D eigenvalue weighted by Gasteiger charge is -2.24. The number of unbranched alkanes of at least 4 members (excludes halogenated alkanes) is 4. The van der Waals surface area contributed by atoms with Crippen LogP contribution in [0.15, 0.2) is 110 Å². The zero-order valence-electron chi connectivity index (χ0n) is 58.0. The van der Waals surface area contributed by atoms with Crippen LogP contribution in [0.3, 0.4) is 0 Å². The third kappa shape index (κ3) is 24.2. The standard InChI is InChI=1S/C20H28ClN3O2.C20H28FN3O2.C18H25N3O.C17H25N3O/c2*1-3-4-9-24(2)14-16-13-22-23-20(16)15-5-6-19(18(21)12-15)26-17-7-10-25-11-8-17;1-3-4-11-21(2)13-15-12-19-20-18(15)14-5-7-16(8-6-14)22-17-9-10-17;1-4-6-11-20(3)13-15-12-18-19-17(15)14-7-9-16(10-8-14)21-5-2/h2*5-6,12-13,17H,3-4,7-11,14H2,1-2H3,(H,22,23);5-8,12,17H,3-4,9-11,13H2,1-2H3,(H,19,20);7-10,12H,4-6,11,13H2,1-3H3,(H,18,19). The van der Waals surface area contributed by atoms with Crippen LogP contribution in [0.1, 0.15) is 147 Å². The van der Waals surface area contributed by atoms with E-state index in [2.05, 4.69) is 153 Å². The molecule has 2 aliphatic heterocycles. The fourth-order valence-electron chi connectivity index (χ4n) is 11.3. The van der Waals surface area contributed by atoms with Gasteiger partial charge in [-0.3, -0.25) is 20.4 Å². The maximum Gasteiger partial charge on any atom is 0.165 e. The molecule has 6 heterocycles. The molecule has 3 aliphatic rings. The third-order valence-corrected chi connectivity index (χ3v) is 17.3. The van der Waals surface area contributed by atoms with Gasteiger partial charge in [0.1, 0.15) is 29.5 Å². The lowest BCUT2D eigenvalue weighted by molar-refractivity contribution is 0.0240. The van der Waals surface area contributed by atoms with Crippen LogP contribution in [-0.4, -0.2) is 166 Å². The monoisotopic (exact) mass is 1320 g/mol. The molecule has 1 aliphatic carbocycles. The van der Waals surface area contributed by atoms with Crippen LogP contribution in [0, 0.1) is 5.82 Å². The van der Waals surface area contributed by atoms with E-state index in [1.54, 1.807) is 6.07 Å². The van der Waals surface area contributed by atoms with E-state index in [1.165, 1.54) is 86.1 Å². The van der Waals surface area contributed by atoms with E-state index >= 15 is 0 Å². The van der Waals surface area contributed by atoms with E-state index in [4.69, 9.17) is 40.0 Å². The largest absolute Gasteiger partial charge is 0.494 e. The molecule has 1 saturated carbocycles. The number of hydrogen-bond donors (Lipinski definition) is 4. The normalized spacial score (nSPS) is 14.3. The minimum atomic E-state index is -0.339. The molecule has 20 heteroatoms. The topological polar surface area (TPSA) is 183 Å². The van der Waals surface area contributed by atoms with Gasteiger partial charge in [0.25, 0.3) is 0 Å². The van der Waals surface area contributed by atoms with Crippen molar-refractivity contribution < 1.29 is 32.8 Å². The lowest BCUT2D eigenvalue weighted by atomic mass is 10.1. The summed E-state index contributed by atoms with van der Waals surface area (Å²) in [4.78, 5) is 9.27. The maximum absolute atomic E-state index is 14.6. The van der Waals surface area contributed by atoms with Gasteiger partial charge in [0, 0.05) is 96.4 Å². The molecule has 0 amide bonds. The van der Waals surface area contributed by atoms with Gasteiger partial charge in [0.15, 0.2) is 11.6 Å². The van der Waals surface area contributed by atoms with E-state index in [1.807, 2.05) is 68.1 Å². The van der Waals surface area contributed by atoms with Gasteiger partial charge in [-0.1, -0.05) is 65.0 Å². The van der Waals surface area contributed by atoms with Crippen molar-refractivity contribution in [2.24, 2.45) is 0 Å². The first-order valence-corrected chi connectivity index (χ1v) is 35.1. The second-order valence-electron chi connectivity index (χ2n) is 25.4. The predicted molar refractivity (Wildman–Crippen MR) is 380 cm³/mol. The minimum absolute atomic E-state index is 0.0269. The van der Waals surface area contributed by atoms with E-state index in [0.29, 0.717) is 36.7 Å². The predicted octanol–water partition coefficient (Wildman–Crippen LogP) is 16.1. The first kappa shape index (κ1) is 73.7. The van der Waals surface area contributed by atoms with Crippen molar-refractivity contribution in [1.82, 2.24) is 60.4 Å². The van der Waals surface area contributed by atoms with Crippen LogP contribution in [-0.2, 0) is 35.7 Å². The second-order valence-corrected chi connectivity index (χ2v) is 25.8. The smallest absolute Gasteiger partial charge is 0.165 e. The molecule has 0 atom stereocenters. The number of halogens is 2. The van der Waals surface area contributed by atoms with Crippen molar-refractivity contribution >= 4 is 11.6 Å². The van der Waals surface area contributed by atoms with Gasteiger partial charge >= 0.3 is 0 Å². The zero-order valence-corrected chi connectivity index (χ0v) is 58.8. The van der Waals surface area contributed by atoms with E-state index in [0.717, 1.165) is 160 Å². The van der Waals surface area contributed by atoms with Crippen LogP contribution >= 0.6 is 11.6 Å². The average molecular weight is 1330 g/mol. The van der Waals surface area contributed by atoms with Crippen LogP contribution in [0.25, 0.3) is 45.0 Å². The van der Waals surface area contributed by atoms with Crippen molar-refractivity contribution in [2.45, 2.75) is 169 Å². The molecule has 11 rings (SSSR count). The number of aromatic nitrogens is 8. The first-order chi connectivity index (χ1) is 46.3. The summed E-state index contributed by atoms with van der Waals surface area (Å²) in [6, 6.07) is 27.6. The van der Waals surface area contributed by atoms with Gasteiger partial charge in [-0.2, -0.15) is 20.4 Å².